The molecule has 0 saturated heterocycles. The summed E-state index contributed by atoms with van der Waals surface area (Å²) in [5.74, 6) is 0.887. The molecule has 1 aliphatic rings. The van der Waals surface area contributed by atoms with E-state index in [0.29, 0.717) is 0 Å². The summed E-state index contributed by atoms with van der Waals surface area (Å²) in [5.41, 5.74) is 6.48. The molecule has 1 heterocycles. The van der Waals surface area contributed by atoms with Gasteiger partial charge in [0.05, 0.1) is 11.6 Å². The van der Waals surface area contributed by atoms with Crippen LogP contribution in [0.1, 0.15) is 36.2 Å². The molecule has 1 N–H and O–H groups in total. The first-order chi connectivity index (χ1) is 10.9. The quantitative estimate of drug-likeness (QED) is 0.504. The molecule has 23 heavy (non-hydrogen) atoms. The molecular formula is C19H17Br2NO. The molecular weight excluding hydrogens is 418 g/mol. The summed E-state index contributed by atoms with van der Waals surface area (Å²) in [4.78, 5) is 3.66. The zero-order chi connectivity index (χ0) is 16.4. The predicted molar refractivity (Wildman–Crippen MR) is 102 cm³/mol. The summed E-state index contributed by atoms with van der Waals surface area (Å²) in [6, 6.07) is 10.7. The number of aromatic amines is 1. The molecule has 4 rings (SSSR count). The van der Waals surface area contributed by atoms with Gasteiger partial charge in [-0.05, 0) is 56.9 Å². The van der Waals surface area contributed by atoms with Gasteiger partial charge in [-0.15, -0.1) is 0 Å². The normalized spacial score (nSPS) is 15.3. The number of aromatic nitrogens is 1. The predicted octanol–water partition coefficient (Wildman–Crippen LogP) is 5.93. The molecule has 1 aliphatic carbocycles. The lowest BCUT2D eigenvalue weighted by Crippen LogP contribution is -2.27. The van der Waals surface area contributed by atoms with Crippen molar-refractivity contribution in [3.05, 3.63) is 61.7 Å². The van der Waals surface area contributed by atoms with E-state index in [1.54, 1.807) is 7.11 Å². The molecule has 0 unspecified atom stereocenters. The lowest BCUT2D eigenvalue weighted by Gasteiger charge is -2.33. The number of nitrogens with one attached hydrogen (secondary N) is 1. The molecule has 2 nitrogen and oxygen atoms in total. The molecule has 0 saturated carbocycles. The van der Waals surface area contributed by atoms with Crippen LogP contribution < -0.4 is 4.74 Å². The number of H-pyrrole nitrogens is 1. The summed E-state index contributed by atoms with van der Waals surface area (Å²) in [6.45, 7) is 4.56. The Balaban J connectivity index is 2.04. The Kier molecular flexibility index (Phi) is 3.40. The summed E-state index contributed by atoms with van der Waals surface area (Å²) in [7, 11) is 1.72. The lowest BCUT2D eigenvalue weighted by atomic mass is 9.72. The summed E-state index contributed by atoms with van der Waals surface area (Å²) in [6.07, 6.45) is 0.930. The molecule has 0 bridgehead atoms. The largest absolute Gasteiger partial charge is 0.496 e. The van der Waals surface area contributed by atoms with Crippen LogP contribution in [-0.4, -0.2) is 12.1 Å². The Morgan fingerprint density at radius 2 is 1.91 bits per heavy atom. The fourth-order valence-electron chi connectivity index (χ4n) is 3.78. The van der Waals surface area contributed by atoms with Gasteiger partial charge in [0.2, 0.25) is 0 Å². The average Bonchev–Trinajstić information content (AvgIpc) is 2.88. The molecule has 1 aromatic heterocycles. The Bertz CT molecular complexity index is 940. The maximum Gasteiger partial charge on any atom is 0.133 e. The van der Waals surface area contributed by atoms with Crippen molar-refractivity contribution in [2.24, 2.45) is 0 Å². The van der Waals surface area contributed by atoms with E-state index >= 15 is 0 Å². The molecule has 3 aromatic rings. The lowest BCUT2D eigenvalue weighted by molar-refractivity contribution is 0.409. The van der Waals surface area contributed by atoms with Crippen molar-refractivity contribution in [3.8, 4) is 5.75 Å². The van der Waals surface area contributed by atoms with Crippen molar-refractivity contribution in [2.45, 2.75) is 25.7 Å². The fraction of sp³-hybridized carbons (Fsp3) is 0.263. The van der Waals surface area contributed by atoms with Crippen LogP contribution in [0.2, 0.25) is 0 Å². The molecule has 118 valence electrons. The topological polar surface area (TPSA) is 25.0 Å². The molecule has 0 aliphatic heterocycles. The number of rotatable bonds is 1. The Labute approximate surface area is 152 Å². The molecule has 4 heteroatoms. The van der Waals surface area contributed by atoms with E-state index < -0.39 is 0 Å². The molecule has 0 atom stereocenters. The van der Waals surface area contributed by atoms with Crippen molar-refractivity contribution in [2.75, 3.05) is 7.11 Å². The molecule has 2 aromatic carbocycles. The molecule has 0 amide bonds. The van der Waals surface area contributed by atoms with Crippen LogP contribution in [0.3, 0.4) is 0 Å². The third-order valence-corrected chi connectivity index (χ3v) is 6.20. The maximum atomic E-state index is 5.51. The van der Waals surface area contributed by atoms with Gasteiger partial charge >= 0.3 is 0 Å². The highest BCUT2D eigenvalue weighted by molar-refractivity contribution is 9.11. The van der Waals surface area contributed by atoms with Crippen molar-refractivity contribution >= 4 is 42.8 Å². The standard InChI is InChI=1S/C19H17Br2NO/c1-19(2)12-9-16(23-3)14(21)8-10(12)7-11-17-13(20)5-4-6-15(17)22-18(11)19/h4-6,8-9,22H,7H2,1-3H3. The second-order valence-corrected chi connectivity index (χ2v) is 8.30. The second-order valence-electron chi connectivity index (χ2n) is 6.59. The summed E-state index contributed by atoms with van der Waals surface area (Å²) >= 11 is 7.35. The second kappa shape index (κ2) is 5.12. The first kappa shape index (κ1) is 15.3. The molecule has 0 spiro atoms. The van der Waals surface area contributed by atoms with E-state index in [1.807, 2.05) is 0 Å². The maximum absolute atomic E-state index is 5.51. The monoisotopic (exact) mass is 433 g/mol. The minimum Gasteiger partial charge on any atom is -0.496 e. The van der Waals surface area contributed by atoms with Crippen LogP contribution in [-0.2, 0) is 11.8 Å². The number of hydrogen-bond acceptors (Lipinski definition) is 1. The van der Waals surface area contributed by atoms with Gasteiger partial charge in [-0.3, -0.25) is 0 Å². The smallest absolute Gasteiger partial charge is 0.133 e. The van der Waals surface area contributed by atoms with Crippen molar-refractivity contribution in [1.82, 2.24) is 4.98 Å². The highest BCUT2D eigenvalue weighted by Crippen LogP contribution is 2.47. The SMILES string of the molecule is COc1cc2c(cc1Br)Cc1c([nH]c3cccc(Br)c13)C2(C)C. The van der Waals surface area contributed by atoms with Gasteiger partial charge < -0.3 is 9.72 Å². The number of fused-ring (bicyclic) bond motifs is 4. The summed E-state index contributed by atoms with van der Waals surface area (Å²) < 4.78 is 7.67. The van der Waals surface area contributed by atoms with Crippen LogP contribution in [0, 0.1) is 0 Å². The molecule has 0 fully saturated rings. The average molecular weight is 435 g/mol. The highest BCUT2D eigenvalue weighted by atomic mass is 79.9. The van der Waals surface area contributed by atoms with E-state index in [1.165, 1.54) is 33.3 Å². The van der Waals surface area contributed by atoms with Gasteiger partial charge in [0.25, 0.3) is 0 Å². The van der Waals surface area contributed by atoms with E-state index in [4.69, 9.17) is 4.74 Å². The summed E-state index contributed by atoms with van der Waals surface area (Å²) in [5, 5.41) is 1.30. The minimum atomic E-state index is -0.0879. The first-order valence-electron chi connectivity index (χ1n) is 7.60. The Morgan fingerprint density at radius 3 is 2.65 bits per heavy atom. The number of hydrogen-bond donors (Lipinski definition) is 1. The van der Waals surface area contributed by atoms with Gasteiger partial charge in [0.1, 0.15) is 5.75 Å². The minimum absolute atomic E-state index is 0.0879. The van der Waals surface area contributed by atoms with Crippen LogP contribution >= 0.6 is 31.9 Å². The number of ether oxygens (including phenoxy) is 1. The van der Waals surface area contributed by atoms with E-state index in [0.717, 1.165) is 21.1 Å². The third-order valence-electron chi connectivity index (χ3n) is 4.92. The number of benzene rings is 2. The van der Waals surface area contributed by atoms with E-state index in [9.17, 15) is 0 Å². The van der Waals surface area contributed by atoms with Gasteiger partial charge in [0.15, 0.2) is 0 Å². The van der Waals surface area contributed by atoms with Gasteiger partial charge in [-0.25, -0.2) is 0 Å². The van der Waals surface area contributed by atoms with Gasteiger partial charge in [0, 0.05) is 32.9 Å². The van der Waals surface area contributed by atoms with Crippen LogP contribution in [0.5, 0.6) is 5.75 Å². The van der Waals surface area contributed by atoms with Crippen molar-refractivity contribution < 1.29 is 4.74 Å². The number of methoxy groups -OCH3 is 1. The van der Waals surface area contributed by atoms with Crippen LogP contribution in [0.15, 0.2) is 39.3 Å². The third kappa shape index (κ3) is 2.11. The van der Waals surface area contributed by atoms with Crippen molar-refractivity contribution in [1.29, 1.82) is 0 Å². The van der Waals surface area contributed by atoms with Gasteiger partial charge in [-0.1, -0.05) is 35.8 Å². The zero-order valence-corrected chi connectivity index (χ0v) is 16.4. The fourth-order valence-corrected chi connectivity index (χ4v) is 4.94. The van der Waals surface area contributed by atoms with Crippen LogP contribution in [0.4, 0.5) is 0 Å². The Morgan fingerprint density at radius 1 is 1.13 bits per heavy atom. The molecule has 0 radical (unpaired) electrons. The van der Waals surface area contributed by atoms with Gasteiger partial charge in [-0.2, -0.15) is 0 Å². The Hall–Kier alpha value is -1.26. The first-order valence-corrected chi connectivity index (χ1v) is 9.18. The van der Waals surface area contributed by atoms with Crippen LogP contribution in [0.25, 0.3) is 10.9 Å². The number of halogens is 2. The zero-order valence-electron chi connectivity index (χ0n) is 13.3. The van der Waals surface area contributed by atoms with E-state index in [2.05, 4.69) is 81.0 Å². The highest BCUT2D eigenvalue weighted by Gasteiger charge is 2.36. The van der Waals surface area contributed by atoms with Crippen molar-refractivity contribution in [3.63, 3.8) is 0 Å². The van der Waals surface area contributed by atoms with E-state index in [-0.39, 0.29) is 5.41 Å².